The van der Waals surface area contributed by atoms with Crippen LogP contribution in [0, 0.1) is 11.3 Å². The molecule has 1 aromatic rings. The lowest BCUT2D eigenvalue weighted by Crippen LogP contribution is -2.06. The van der Waals surface area contributed by atoms with Crippen LogP contribution in [0.25, 0.3) is 0 Å². The van der Waals surface area contributed by atoms with Gasteiger partial charge in [-0.15, -0.1) is 0 Å². The lowest BCUT2D eigenvalue weighted by atomic mass is 9.92. The molecule has 0 aliphatic heterocycles. The Morgan fingerprint density at radius 1 is 1.05 bits per heavy atom. The molecule has 1 atom stereocenters. The van der Waals surface area contributed by atoms with Crippen LogP contribution < -0.4 is 0 Å². The average Bonchev–Trinajstić information content (AvgIpc) is 2.79. The van der Waals surface area contributed by atoms with E-state index in [2.05, 4.69) is 30.6 Å². The maximum Gasteiger partial charge on any atom is 0.120 e. The van der Waals surface area contributed by atoms with E-state index in [4.69, 9.17) is 5.26 Å². The smallest absolute Gasteiger partial charge is 0.120 e. The number of nitrogens with zero attached hydrogens (tertiary/aromatic N) is 2. The predicted octanol–water partition coefficient (Wildman–Crippen LogP) is 5.14. The Morgan fingerprint density at radius 2 is 1.74 bits per heavy atom. The van der Waals surface area contributed by atoms with Crippen molar-refractivity contribution < 1.29 is 0 Å². The van der Waals surface area contributed by atoms with Gasteiger partial charge in [0.2, 0.25) is 0 Å². The van der Waals surface area contributed by atoms with Crippen molar-refractivity contribution in [2.75, 3.05) is 0 Å². The van der Waals surface area contributed by atoms with Crippen LogP contribution in [0.15, 0.2) is 12.1 Å². The van der Waals surface area contributed by atoms with Crippen molar-refractivity contribution in [3.8, 4) is 6.07 Å². The van der Waals surface area contributed by atoms with Crippen molar-refractivity contribution in [3.63, 3.8) is 0 Å². The molecule has 1 aromatic heterocycles. The van der Waals surface area contributed by atoms with Crippen molar-refractivity contribution >= 4 is 0 Å². The zero-order chi connectivity index (χ0) is 14.1. The van der Waals surface area contributed by atoms with Crippen LogP contribution in [0.4, 0.5) is 0 Å². The summed E-state index contributed by atoms with van der Waals surface area (Å²) >= 11 is 0. The van der Waals surface area contributed by atoms with Crippen molar-refractivity contribution in [1.82, 2.24) is 4.57 Å². The highest BCUT2D eigenvalue weighted by Gasteiger charge is 2.15. The minimum Gasteiger partial charge on any atom is -0.339 e. The van der Waals surface area contributed by atoms with Gasteiger partial charge in [0.25, 0.3) is 0 Å². The molecular formula is C17H28N2. The van der Waals surface area contributed by atoms with Crippen molar-refractivity contribution in [3.05, 3.63) is 23.5 Å². The van der Waals surface area contributed by atoms with Crippen LogP contribution in [-0.4, -0.2) is 4.57 Å². The van der Waals surface area contributed by atoms with Gasteiger partial charge in [-0.3, -0.25) is 0 Å². The third kappa shape index (κ3) is 4.74. The number of hydrogen-bond donors (Lipinski definition) is 0. The molecule has 0 aliphatic carbocycles. The summed E-state index contributed by atoms with van der Waals surface area (Å²) in [6, 6.07) is 6.38. The highest BCUT2D eigenvalue weighted by molar-refractivity contribution is 5.28. The zero-order valence-electron chi connectivity index (χ0n) is 12.8. The van der Waals surface area contributed by atoms with E-state index in [0.717, 1.165) is 5.69 Å². The largest absolute Gasteiger partial charge is 0.339 e. The molecule has 0 aromatic carbocycles. The molecule has 2 heteroatoms. The summed E-state index contributed by atoms with van der Waals surface area (Å²) in [4.78, 5) is 0. The molecule has 1 unspecified atom stereocenters. The van der Waals surface area contributed by atoms with E-state index < -0.39 is 0 Å². The molecule has 0 saturated heterocycles. The number of hydrogen-bond acceptors (Lipinski definition) is 1. The van der Waals surface area contributed by atoms with Crippen LogP contribution >= 0.6 is 0 Å². The van der Waals surface area contributed by atoms with E-state index in [1.54, 1.807) is 0 Å². The van der Waals surface area contributed by atoms with E-state index in [1.807, 2.05) is 13.1 Å². The highest BCUT2D eigenvalue weighted by Crippen LogP contribution is 2.29. The first-order valence-electron chi connectivity index (χ1n) is 7.80. The average molecular weight is 260 g/mol. The van der Waals surface area contributed by atoms with Gasteiger partial charge in [-0.1, -0.05) is 52.4 Å². The summed E-state index contributed by atoms with van der Waals surface area (Å²) in [5.41, 5.74) is 2.13. The molecule has 2 nitrogen and oxygen atoms in total. The van der Waals surface area contributed by atoms with Crippen LogP contribution in [0.5, 0.6) is 0 Å². The van der Waals surface area contributed by atoms with E-state index in [1.165, 1.54) is 57.1 Å². The summed E-state index contributed by atoms with van der Waals surface area (Å²) in [6.07, 6.45) is 10.4. The first-order chi connectivity index (χ1) is 9.24. The third-order valence-corrected chi connectivity index (χ3v) is 4.01. The standard InChI is InChI=1S/C17H28N2/c1-4-6-8-9-11-15(10-7-5-2)17-13-12-16(14-18)19(17)3/h12-13,15H,4-11H2,1-3H3. The Balaban J connectivity index is 2.66. The molecule has 19 heavy (non-hydrogen) atoms. The Labute approximate surface area is 118 Å². The SMILES string of the molecule is CCCCCCC(CCCC)c1ccc(C#N)n1C. The number of nitriles is 1. The quantitative estimate of drug-likeness (QED) is 0.565. The van der Waals surface area contributed by atoms with Crippen molar-refractivity contribution in [2.24, 2.45) is 7.05 Å². The van der Waals surface area contributed by atoms with E-state index in [0.29, 0.717) is 5.92 Å². The molecule has 0 bridgehead atoms. The second-order valence-corrected chi connectivity index (χ2v) is 5.50. The van der Waals surface area contributed by atoms with Crippen molar-refractivity contribution in [1.29, 1.82) is 5.26 Å². The van der Waals surface area contributed by atoms with Gasteiger partial charge >= 0.3 is 0 Å². The van der Waals surface area contributed by atoms with Crippen LogP contribution in [0.3, 0.4) is 0 Å². The number of unbranched alkanes of at least 4 members (excludes halogenated alkanes) is 4. The molecule has 1 heterocycles. The lowest BCUT2D eigenvalue weighted by Gasteiger charge is -2.18. The van der Waals surface area contributed by atoms with E-state index >= 15 is 0 Å². The summed E-state index contributed by atoms with van der Waals surface area (Å²) in [7, 11) is 2.03. The first kappa shape index (κ1) is 15.8. The van der Waals surface area contributed by atoms with Gasteiger partial charge in [0, 0.05) is 12.7 Å². The fourth-order valence-electron chi connectivity index (χ4n) is 2.76. The van der Waals surface area contributed by atoms with Gasteiger partial charge in [-0.25, -0.2) is 0 Å². The maximum absolute atomic E-state index is 9.06. The van der Waals surface area contributed by atoms with E-state index in [9.17, 15) is 0 Å². The monoisotopic (exact) mass is 260 g/mol. The normalized spacial score (nSPS) is 12.3. The number of aromatic nitrogens is 1. The summed E-state index contributed by atoms with van der Waals surface area (Å²) in [5, 5.41) is 9.06. The molecule has 0 spiro atoms. The molecule has 106 valence electrons. The van der Waals surface area contributed by atoms with Crippen LogP contribution in [0.2, 0.25) is 0 Å². The predicted molar refractivity (Wildman–Crippen MR) is 81.2 cm³/mol. The molecule has 1 rings (SSSR count). The molecule has 0 amide bonds. The molecule has 0 radical (unpaired) electrons. The number of rotatable bonds is 9. The Hall–Kier alpha value is -1.23. The Morgan fingerprint density at radius 3 is 2.32 bits per heavy atom. The van der Waals surface area contributed by atoms with Crippen molar-refractivity contribution in [2.45, 2.75) is 71.1 Å². The van der Waals surface area contributed by atoms with Crippen LogP contribution in [0.1, 0.15) is 82.5 Å². The molecular weight excluding hydrogens is 232 g/mol. The van der Waals surface area contributed by atoms with E-state index in [-0.39, 0.29) is 0 Å². The minimum absolute atomic E-state index is 0.629. The molecule has 0 aliphatic rings. The zero-order valence-corrected chi connectivity index (χ0v) is 12.8. The van der Waals surface area contributed by atoms with Gasteiger partial charge in [0.15, 0.2) is 0 Å². The lowest BCUT2D eigenvalue weighted by molar-refractivity contribution is 0.489. The van der Waals surface area contributed by atoms with Crippen LogP contribution in [-0.2, 0) is 7.05 Å². The Bertz CT molecular complexity index is 398. The maximum atomic E-state index is 9.06. The minimum atomic E-state index is 0.629. The summed E-state index contributed by atoms with van der Waals surface area (Å²) in [5.74, 6) is 0.629. The highest BCUT2D eigenvalue weighted by atomic mass is 15.0. The topological polar surface area (TPSA) is 28.7 Å². The molecule has 0 saturated carbocycles. The van der Waals surface area contributed by atoms with Gasteiger partial charge < -0.3 is 4.57 Å². The summed E-state index contributed by atoms with van der Waals surface area (Å²) in [6.45, 7) is 4.50. The fourth-order valence-corrected chi connectivity index (χ4v) is 2.76. The third-order valence-electron chi connectivity index (χ3n) is 4.01. The molecule has 0 N–H and O–H groups in total. The first-order valence-corrected chi connectivity index (χ1v) is 7.80. The summed E-state index contributed by atoms with van der Waals surface area (Å²) < 4.78 is 2.08. The second kappa shape index (κ2) is 8.80. The fraction of sp³-hybridized carbons (Fsp3) is 0.706. The van der Waals surface area contributed by atoms with Gasteiger partial charge in [0.1, 0.15) is 11.8 Å². The Kier molecular flexibility index (Phi) is 7.33. The second-order valence-electron chi connectivity index (χ2n) is 5.50. The van der Waals surface area contributed by atoms with Gasteiger partial charge in [0.05, 0.1) is 0 Å². The van der Waals surface area contributed by atoms with Gasteiger partial charge in [-0.2, -0.15) is 5.26 Å². The molecule has 0 fully saturated rings. The van der Waals surface area contributed by atoms with Gasteiger partial charge in [-0.05, 0) is 30.9 Å².